The van der Waals surface area contributed by atoms with Crippen LogP contribution in [0.15, 0.2) is 73.2 Å². The molecule has 4 heterocycles. The first kappa shape index (κ1) is 16.4. The van der Waals surface area contributed by atoms with Crippen molar-refractivity contribution in [3.05, 3.63) is 84.6 Å². The number of halogens is 2. The molecule has 5 rings (SSSR count). The monoisotopic (exact) mass is 374 g/mol. The summed E-state index contributed by atoms with van der Waals surface area (Å²) in [6.45, 7) is 0. The van der Waals surface area contributed by atoms with Gasteiger partial charge in [-0.05, 0) is 42.5 Å². The minimum absolute atomic E-state index is 0.196. The summed E-state index contributed by atoms with van der Waals surface area (Å²) >= 11 is 0. The highest BCUT2D eigenvalue weighted by molar-refractivity contribution is 5.79. The Morgan fingerprint density at radius 1 is 0.857 bits per heavy atom. The van der Waals surface area contributed by atoms with Crippen molar-refractivity contribution in [1.82, 2.24) is 29.8 Å². The molecule has 0 saturated carbocycles. The van der Waals surface area contributed by atoms with Crippen LogP contribution < -0.4 is 0 Å². The van der Waals surface area contributed by atoms with Crippen molar-refractivity contribution < 1.29 is 8.78 Å². The highest BCUT2D eigenvalue weighted by atomic mass is 19.3. The second-order valence-corrected chi connectivity index (χ2v) is 6.23. The summed E-state index contributed by atoms with van der Waals surface area (Å²) in [6, 6.07) is 14.6. The van der Waals surface area contributed by atoms with Crippen LogP contribution in [0, 0.1) is 0 Å². The molecule has 0 amide bonds. The maximum absolute atomic E-state index is 15.3. The van der Waals surface area contributed by atoms with Crippen LogP contribution in [-0.4, -0.2) is 29.8 Å². The Morgan fingerprint density at radius 2 is 1.71 bits per heavy atom. The number of rotatable bonds is 3. The molecular weight excluding hydrogens is 362 g/mol. The van der Waals surface area contributed by atoms with Gasteiger partial charge in [0.25, 0.3) is 0 Å². The van der Waals surface area contributed by atoms with E-state index in [1.54, 1.807) is 61.1 Å². The third-order valence-corrected chi connectivity index (χ3v) is 4.49. The van der Waals surface area contributed by atoms with Gasteiger partial charge in [-0.15, -0.1) is 10.2 Å². The van der Waals surface area contributed by atoms with E-state index in [1.807, 2.05) is 0 Å². The molecule has 1 aromatic carbocycles. The summed E-state index contributed by atoms with van der Waals surface area (Å²) in [5.41, 5.74) is 1.98. The van der Waals surface area contributed by atoms with Crippen LogP contribution in [0.3, 0.4) is 0 Å². The molecule has 0 N–H and O–H groups in total. The largest absolute Gasteiger partial charge is 0.333 e. The zero-order chi connectivity index (χ0) is 19.1. The number of pyridine rings is 2. The van der Waals surface area contributed by atoms with Crippen molar-refractivity contribution in [3.8, 4) is 11.3 Å². The summed E-state index contributed by atoms with van der Waals surface area (Å²) in [6.07, 6.45) is 4.86. The maximum Gasteiger partial charge on any atom is 0.333 e. The Morgan fingerprint density at radius 3 is 2.57 bits per heavy atom. The zero-order valence-electron chi connectivity index (χ0n) is 14.4. The molecule has 0 atom stereocenters. The average molecular weight is 374 g/mol. The fraction of sp³-hybridized carbons (Fsp3) is 0.0500. The van der Waals surface area contributed by atoms with E-state index in [-0.39, 0.29) is 11.2 Å². The number of hydrogen-bond acceptors (Lipinski definition) is 5. The molecule has 0 spiro atoms. The van der Waals surface area contributed by atoms with Crippen molar-refractivity contribution in [2.24, 2.45) is 0 Å². The van der Waals surface area contributed by atoms with E-state index in [4.69, 9.17) is 0 Å². The van der Waals surface area contributed by atoms with Gasteiger partial charge in [0.15, 0.2) is 5.65 Å². The summed E-state index contributed by atoms with van der Waals surface area (Å²) in [5.74, 6) is -3.92. The molecule has 0 unspecified atom stereocenters. The first-order chi connectivity index (χ1) is 13.6. The normalized spacial score (nSPS) is 11.9. The molecule has 0 bridgehead atoms. The highest BCUT2D eigenvalue weighted by Gasteiger charge is 2.40. The average Bonchev–Trinajstić information content (AvgIpc) is 3.18. The fourth-order valence-electron chi connectivity index (χ4n) is 3.06. The Bertz CT molecular complexity index is 1300. The molecule has 0 aliphatic rings. The molecule has 0 aliphatic heterocycles. The number of hydrogen-bond donors (Lipinski definition) is 0. The van der Waals surface area contributed by atoms with Crippen LogP contribution in [0.1, 0.15) is 11.4 Å². The van der Waals surface area contributed by atoms with E-state index < -0.39 is 11.7 Å². The van der Waals surface area contributed by atoms with Crippen molar-refractivity contribution in [1.29, 1.82) is 0 Å². The summed E-state index contributed by atoms with van der Waals surface area (Å²) in [5, 5.41) is 12.5. The van der Waals surface area contributed by atoms with Crippen molar-refractivity contribution >= 4 is 16.6 Å². The minimum atomic E-state index is -3.38. The lowest BCUT2D eigenvalue weighted by Gasteiger charge is -2.15. The Labute approximate surface area is 157 Å². The summed E-state index contributed by atoms with van der Waals surface area (Å²) in [4.78, 5) is 8.13. The third kappa shape index (κ3) is 2.58. The molecule has 136 valence electrons. The van der Waals surface area contributed by atoms with E-state index in [1.165, 1.54) is 12.1 Å². The second-order valence-electron chi connectivity index (χ2n) is 6.23. The minimum Gasteiger partial charge on any atom is -0.265 e. The lowest BCUT2D eigenvalue weighted by Crippen LogP contribution is -2.20. The van der Waals surface area contributed by atoms with E-state index in [0.29, 0.717) is 16.6 Å². The van der Waals surface area contributed by atoms with Crippen LogP contribution in [0.25, 0.3) is 27.8 Å². The van der Waals surface area contributed by atoms with Gasteiger partial charge in [-0.25, -0.2) is 0 Å². The standard InChI is InChI=1S/C20H12F2N6/c21-20(22,15-3-4-16-14(12-15)2-1-9-24-16)19-26-25-18-6-5-17(27-28(18)19)13-7-10-23-11-8-13/h1-12H. The smallest absolute Gasteiger partial charge is 0.265 e. The Balaban J connectivity index is 1.66. The molecule has 8 heteroatoms. The van der Waals surface area contributed by atoms with Crippen LogP contribution >= 0.6 is 0 Å². The second kappa shape index (κ2) is 6.12. The van der Waals surface area contributed by atoms with Crippen molar-refractivity contribution in [3.63, 3.8) is 0 Å². The van der Waals surface area contributed by atoms with Crippen LogP contribution in [-0.2, 0) is 5.92 Å². The number of fused-ring (bicyclic) bond motifs is 2. The SMILES string of the molecule is FC(F)(c1ccc2ncccc2c1)c1nnc2ccc(-c3ccncc3)nn12. The fourth-order valence-corrected chi connectivity index (χ4v) is 3.06. The highest BCUT2D eigenvalue weighted by Crippen LogP contribution is 2.35. The lowest BCUT2D eigenvalue weighted by molar-refractivity contribution is 0.0307. The van der Waals surface area contributed by atoms with Gasteiger partial charge in [0.05, 0.1) is 11.2 Å². The van der Waals surface area contributed by atoms with Gasteiger partial charge >= 0.3 is 5.92 Å². The molecular formula is C20H12F2N6. The number of aromatic nitrogens is 6. The van der Waals surface area contributed by atoms with Crippen molar-refractivity contribution in [2.75, 3.05) is 0 Å². The van der Waals surface area contributed by atoms with E-state index in [2.05, 4.69) is 25.3 Å². The molecule has 5 aromatic rings. The van der Waals surface area contributed by atoms with Gasteiger partial charge in [-0.3, -0.25) is 9.97 Å². The first-order valence-electron chi connectivity index (χ1n) is 8.49. The maximum atomic E-state index is 15.3. The van der Waals surface area contributed by atoms with Crippen molar-refractivity contribution in [2.45, 2.75) is 5.92 Å². The van der Waals surface area contributed by atoms with Gasteiger partial charge in [-0.2, -0.15) is 18.4 Å². The van der Waals surface area contributed by atoms with Gasteiger partial charge in [0.2, 0.25) is 5.82 Å². The quantitative estimate of drug-likeness (QED) is 0.479. The molecule has 0 aliphatic carbocycles. The number of alkyl halides is 2. The first-order valence-corrected chi connectivity index (χ1v) is 8.49. The number of nitrogens with zero attached hydrogens (tertiary/aromatic N) is 6. The van der Waals surface area contributed by atoms with Gasteiger partial charge in [-0.1, -0.05) is 12.1 Å². The molecule has 6 nitrogen and oxygen atoms in total. The Kier molecular flexibility index (Phi) is 3.58. The zero-order valence-corrected chi connectivity index (χ0v) is 14.4. The summed E-state index contributed by atoms with van der Waals surface area (Å²) in [7, 11) is 0. The van der Waals surface area contributed by atoms with E-state index in [0.717, 1.165) is 10.1 Å². The number of benzene rings is 1. The predicted molar refractivity (Wildman–Crippen MR) is 98.8 cm³/mol. The predicted octanol–water partition coefficient (Wildman–Crippen LogP) is 3.87. The lowest BCUT2D eigenvalue weighted by atomic mass is 10.0. The van der Waals surface area contributed by atoms with E-state index >= 15 is 8.78 Å². The topological polar surface area (TPSA) is 68.9 Å². The van der Waals surface area contributed by atoms with Crippen LogP contribution in [0.2, 0.25) is 0 Å². The molecule has 0 saturated heterocycles. The molecule has 0 radical (unpaired) electrons. The van der Waals surface area contributed by atoms with Gasteiger partial charge in [0.1, 0.15) is 0 Å². The van der Waals surface area contributed by atoms with Gasteiger partial charge < -0.3 is 0 Å². The Hall–Kier alpha value is -3.81. The van der Waals surface area contributed by atoms with Crippen LogP contribution in [0.5, 0.6) is 0 Å². The van der Waals surface area contributed by atoms with Gasteiger partial charge in [0, 0.05) is 35.1 Å². The molecule has 28 heavy (non-hydrogen) atoms. The van der Waals surface area contributed by atoms with Crippen LogP contribution in [0.4, 0.5) is 8.78 Å². The molecule has 4 aromatic heterocycles. The third-order valence-electron chi connectivity index (χ3n) is 4.49. The molecule has 0 fully saturated rings. The van der Waals surface area contributed by atoms with E-state index in [9.17, 15) is 0 Å². The summed E-state index contributed by atoms with van der Waals surface area (Å²) < 4.78 is 31.7.